The Morgan fingerprint density at radius 3 is 2.56 bits per heavy atom. The topological polar surface area (TPSA) is 99.5 Å². The van der Waals surface area contributed by atoms with Crippen molar-refractivity contribution in [3.8, 4) is 5.75 Å². The predicted molar refractivity (Wildman–Crippen MR) is 84.7 cm³/mol. The first-order chi connectivity index (χ1) is 12.7. The fourth-order valence-electron chi connectivity index (χ4n) is 1.94. The number of nitrogens with one attached hydrogen (secondary N) is 1. The number of aromatic nitrogens is 2. The van der Waals surface area contributed by atoms with Crippen molar-refractivity contribution in [3.63, 3.8) is 0 Å². The van der Waals surface area contributed by atoms with Gasteiger partial charge in [-0.2, -0.15) is 5.10 Å². The van der Waals surface area contributed by atoms with Gasteiger partial charge in [-0.1, -0.05) is 18.2 Å². The SMILES string of the molecule is Cn1nc(C(=O)OCC(=O)NCc2ccccc2OC(F)(F)F)ccc1=O. The van der Waals surface area contributed by atoms with Gasteiger partial charge in [0.2, 0.25) is 0 Å². The number of esters is 1. The number of para-hydroxylation sites is 1. The van der Waals surface area contributed by atoms with Gasteiger partial charge in [-0.05, 0) is 12.1 Å². The zero-order valence-electron chi connectivity index (χ0n) is 13.9. The summed E-state index contributed by atoms with van der Waals surface area (Å²) in [4.78, 5) is 34.7. The van der Waals surface area contributed by atoms with Crippen molar-refractivity contribution in [2.45, 2.75) is 12.9 Å². The van der Waals surface area contributed by atoms with Crippen LogP contribution in [0.25, 0.3) is 0 Å². The van der Waals surface area contributed by atoms with Gasteiger partial charge in [0.15, 0.2) is 12.3 Å². The quantitative estimate of drug-likeness (QED) is 0.749. The van der Waals surface area contributed by atoms with E-state index in [0.29, 0.717) is 0 Å². The summed E-state index contributed by atoms with van der Waals surface area (Å²) in [6, 6.07) is 7.56. The van der Waals surface area contributed by atoms with Gasteiger partial charge in [0.1, 0.15) is 5.75 Å². The van der Waals surface area contributed by atoms with Crippen LogP contribution in [0.4, 0.5) is 13.2 Å². The molecule has 1 aromatic carbocycles. The maximum Gasteiger partial charge on any atom is 0.573 e. The van der Waals surface area contributed by atoms with Crippen molar-refractivity contribution in [1.82, 2.24) is 15.1 Å². The van der Waals surface area contributed by atoms with E-state index in [1.807, 2.05) is 0 Å². The number of halogens is 3. The Balaban J connectivity index is 1.89. The molecule has 0 aliphatic carbocycles. The van der Waals surface area contributed by atoms with Crippen molar-refractivity contribution in [2.24, 2.45) is 7.05 Å². The first-order valence-electron chi connectivity index (χ1n) is 7.47. The van der Waals surface area contributed by atoms with Gasteiger partial charge >= 0.3 is 12.3 Å². The molecule has 0 spiro atoms. The molecular weight excluding hydrogens is 371 g/mol. The van der Waals surface area contributed by atoms with Crippen LogP contribution < -0.4 is 15.6 Å². The minimum Gasteiger partial charge on any atom is -0.451 e. The fraction of sp³-hybridized carbons (Fsp3) is 0.250. The van der Waals surface area contributed by atoms with Crippen molar-refractivity contribution < 1.29 is 32.2 Å². The molecule has 0 radical (unpaired) electrons. The highest BCUT2D eigenvalue weighted by Gasteiger charge is 2.32. The summed E-state index contributed by atoms with van der Waals surface area (Å²) in [5, 5.41) is 5.98. The number of hydrogen-bond donors (Lipinski definition) is 1. The van der Waals surface area contributed by atoms with E-state index in [9.17, 15) is 27.6 Å². The summed E-state index contributed by atoms with van der Waals surface area (Å²) in [6.45, 7) is -0.938. The fourth-order valence-corrected chi connectivity index (χ4v) is 1.94. The van der Waals surface area contributed by atoms with Crippen LogP contribution in [-0.4, -0.2) is 34.6 Å². The van der Waals surface area contributed by atoms with Gasteiger partial charge < -0.3 is 14.8 Å². The predicted octanol–water partition coefficient (Wildman–Crippen LogP) is 1.15. The lowest BCUT2D eigenvalue weighted by atomic mass is 10.2. The van der Waals surface area contributed by atoms with E-state index >= 15 is 0 Å². The summed E-state index contributed by atoms with van der Waals surface area (Å²) in [5.74, 6) is -2.12. The number of nitrogens with zero attached hydrogens (tertiary/aromatic N) is 2. The van der Waals surface area contributed by atoms with E-state index in [4.69, 9.17) is 4.74 Å². The molecule has 0 bridgehead atoms. The lowest BCUT2D eigenvalue weighted by Gasteiger charge is -2.13. The summed E-state index contributed by atoms with van der Waals surface area (Å²) in [5.41, 5.74) is -0.507. The largest absolute Gasteiger partial charge is 0.573 e. The van der Waals surface area contributed by atoms with Crippen LogP contribution in [-0.2, 0) is 23.1 Å². The molecule has 11 heteroatoms. The Bertz CT molecular complexity index is 895. The molecule has 27 heavy (non-hydrogen) atoms. The number of benzene rings is 1. The Morgan fingerprint density at radius 2 is 1.89 bits per heavy atom. The molecule has 2 aromatic rings. The van der Waals surface area contributed by atoms with Crippen LogP contribution in [0.2, 0.25) is 0 Å². The van der Waals surface area contributed by atoms with Gasteiger partial charge in [0, 0.05) is 25.2 Å². The third kappa shape index (κ3) is 6.13. The minimum absolute atomic E-state index is 0.0919. The number of alkyl halides is 3. The second-order valence-electron chi connectivity index (χ2n) is 5.19. The first-order valence-corrected chi connectivity index (χ1v) is 7.47. The molecule has 0 fully saturated rings. The highest BCUT2D eigenvalue weighted by atomic mass is 19.4. The third-order valence-corrected chi connectivity index (χ3v) is 3.18. The minimum atomic E-state index is -4.86. The zero-order valence-corrected chi connectivity index (χ0v) is 13.9. The monoisotopic (exact) mass is 385 g/mol. The Kier molecular flexibility index (Phi) is 6.16. The maximum atomic E-state index is 12.4. The smallest absolute Gasteiger partial charge is 0.451 e. The van der Waals surface area contributed by atoms with Gasteiger partial charge in [-0.3, -0.25) is 9.59 Å². The summed E-state index contributed by atoms with van der Waals surface area (Å²) in [6.07, 6.45) is -4.86. The normalized spacial score (nSPS) is 11.0. The number of hydrogen-bond acceptors (Lipinski definition) is 6. The molecule has 8 nitrogen and oxygen atoms in total. The lowest BCUT2D eigenvalue weighted by molar-refractivity contribution is -0.274. The van der Waals surface area contributed by atoms with Crippen molar-refractivity contribution in [2.75, 3.05) is 6.61 Å². The van der Waals surface area contributed by atoms with E-state index < -0.39 is 36.2 Å². The summed E-state index contributed by atoms with van der Waals surface area (Å²) in [7, 11) is 1.34. The molecule has 0 saturated heterocycles. The number of ether oxygens (including phenoxy) is 2. The van der Waals surface area contributed by atoms with Crippen LogP contribution in [0.1, 0.15) is 16.1 Å². The number of carbonyl (C=O) groups is 2. The van der Waals surface area contributed by atoms with Crippen LogP contribution >= 0.6 is 0 Å². The molecule has 144 valence electrons. The molecule has 1 N–H and O–H groups in total. The zero-order chi connectivity index (χ0) is 20.0. The highest BCUT2D eigenvalue weighted by Crippen LogP contribution is 2.25. The number of carbonyl (C=O) groups excluding carboxylic acids is 2. The number of aryl methyl sites for hydroxylation is 1. The molecule has 0 aliphatic heterocycles. The number of rotatable bonds is 6. The summed E-state index contributed by atoms with van der Waals surface area (Å²) < 4.78 is 46.6. The van der Waals surface area contributed by atoms with E-state index in [2.05, 4.69) is 15.2 Å². The average molecular weight is 385 g/mol. The molecule has 1 heterocycles. The molecule has 0 saturated carbocycles. The molecule has 2 rings (SSSR count). The van der Waals surface area contributed by atoms with Crippen molar-refractivity contribution in [3.05, 3.63) is 58.0 Å². The standard InChI is InChI=1S/C16H14F3N3O5/c1-22-14(24)7-6-11(21-22)15(25)26-9-13(23)20-8-10-4-2-3-5-12(10)27-16(17,18)19/h2-7H,8-9H2,1H3,(H,20,23). The molecule has 0 aliphatic rings. The number of amides is 1. The van der Waals surface area contributed by atoms with Crippen molar-refractivity contribution >= 4 is 11.9 Å². The van der Waals surface area contributed by atoms with Crippen LogP contribution in [0.15, 0.2) is 41.2 Å². The second kappa shape index (κ2) is 8.34. The maximum absolute atomic E-state index is 12.4. The Hall–Kier alpha value is -3.37. The van der Waals surface area contributed by atoms with E-state index in [-0.39, 0.29) is 17.8 Å². The first kappa shape index (κ1) is 19.9. The van der Waals surface area contributed by atoms with E-state index in [1.165, 1.54) is 25.2 Å². The van der Waals surface area contributed by atoms with E-state index in [1.54, 1.807) is 0 Å². The lowest BCUT2D eigenvalue weighted by Crippen LogP contribution is -2.29. The van der Waals surface area contributed by atoms with Crippen molar-refractivity contribution in [1.29, 1.82) is 0 Å². The average Bonchev–Trinajstić information content (AvgIpc) is 2.60. The summed E-state index contributed by atoms with van der Waals surface area (Å²) >= 11 is 0. The van der Waals surface area contributed by atoms with E-state index in [0.717, 1.165) is 22.9 Å². The Labute approximate surface area is 150 Å². The van der Waals surface area contributed by atoms with Gasteiger partial charge in [-0.15, -0.1) is 13.2 Å². The third-order valence-electron chi connectivity index (χ3n) is 3.18. The van der Waals surface area contributed by atoms with Crippen LogP contribution in [0.3, 0.4) is 0 Å². The van der Waals surface area contributed by atoms with Gasteiger partial charge in [0.25, 0.3) is 11.5 Å². The molecule has 0 unspecified atom stereocenters. The van der Waals surface area contributed by atoms with Gasteiger partial charge in [0.05, 0.1) is 0 Å². The highest BCUT2D eigenvalue weighted by molar-refractivity contribution is 5.89. The molecule has 1 amide bonds. The van der Waals surface area contributed by atoms with Gasteiger partial charge in [-0.25, -0.2) is 9.48 Å². The molecular formula is C16H14F3N3O5. The Morgan fingerprint density at radius 1 is 1.19 bits per heavy atom. The molecule has 0 atom stereocenters. The van der Waals surface area contributed by atoms with Crippen LogP contribution in [0, 0.1) is 0 Å². The van der Waals surface area contributed by atoms with Crippen LogP contribution in [0.5, 0.6) is 5.75 Å². The second-order valence-corrected chi connectivity index (χ2v) is 5.19. The molecule has 1 aromatic heterocycles.